The summed E-state index contributed by atoms with van der Waals surface area (Å²) in [6, 6.07) is 5.23. The van der Waals surface area contributed by atoms with Gasteiger partial charge in [0.25, 0.3) is 0 Å². The number of benzene rings is 1. The Morgan fingerprint density at radius 3 is 2.47 bits per heavy atom. The number of hydrogen-bond acceptors (Lipinski definition) is 4. The number of hydrogen-bond donors (Lipinski definition) is 2. The molecule has 3 rings (SSSR count). The molecule has 162 valence electrons. The van der Waals surface area contributed by atoms with Gasteiger partial charge in [0, 0.05) is 50.2 Å². The van der Waals surface area contributed by atoms with E-state index in [1.54, 1.807) is 18.3 Å². The minimum absolute atomic E-state index is 0.00529. The second-order valence-corrected chi connectivity index (χ2v) is 8.60. The number of carbonyl (C=O) groups is 1. The van der Waals surface area contributed by atoms with Gasteiger partial charge in [-0.25, -0.2) is 4.99 Å². The fraction of sp³-hybridized carbons (Fsp3) is 0.455. The number of piperazine rings is 1. The Bertz CT molecular complexity index is 874. The first-order valence-electron chi connectivity index (χ1n) is 10.2. The van der Waals surface area contributed by atoms with Gasteiger partial charge in [-0.2, -0.15) is 0 Å². The first-order valence-corrected chi connectivity index (χ1v) is 11.0. The molecular formula is C22H29Cl2N5O. The van der Waals surface area contributed by atoms with Crippen LogP contribution in [0.1, 0.15) is 31.2 Å². The SMILES string of the molecule is C=C/N=C(\C1=C(N)CC[C@H]1C)N1CCN(C(=O)[C@H](CN)c2ccc(Cl)c(Cl)c2)CC1. The summed E-state index contributed by atoms with van der Waals surface area (Å²) < 4.78 is 0. The van der Waals surface area contributed by atoms with Crippen LogP contribution in [0.2, 0.25) is 10.0 Å². The van der Waals surface area contributed by atoms with Crippen LogP contribution in [0.5, 0.6) is 0 Å². The predicted molar refractivity (Wildman–Crippen MR) is 124 cm³/mol. The summed E-state index contributed by atoms with van der Waals surface area (Å²) in [4.78, 5) is 21.8. The third kappa shape index (κ3) is 4.66. The summed E-state index contributed by atoms with van der Waals surface area (Å²) in [6.07, 6.45) is 3.50. The highest BCUT2D eigenvalue weighted by Crippen LogP contribution is 2.32. The molecule has 1 saturated heterocycles. The van der Waals surface area contributed by atoms with E-state index < -0.39 is 5.92 Å². The van der Waals surface area contributed by atoms with Gasteiger partial charge in [0.15, 0.2) is 0 Å². The second kappa shape index (κ2) is 9.86. The molecule has 0 unspecified atom stereocenters. The molecule has 0 radical (unpaired) electrons. The van der Waals surface area contributed by atoms with Gasteiger partial charge >= 0.3 is 0 Å². The predicted octanol–water partition coefficient (Wildman–Crippen LogP) is 3.36. The number of aliphatic imine (C=N–C) groups is 1. The van der Waals surface area contributed by atoms with E-state index in [-0.39, 0.29) is 12.5 Å². The topological polar surface area (TPSA) is 88.0 Å². The second-order valence-electron chi connectivity index (χ2n) is 7.79. The minimum atomic E-state index is -0.444. The monoisotopic (exact) mass is 449 g/mol. The van der Waals surface area contributed by atoms with Gasteiger partial charge in [-0.05, 0) is 36.5 Å². The lowest BCUT2D eigenvalue weighted by atomic mass is 9.97. The normalized spacial score (nSPS) is 21.2. The van der Waals surface area contributed by atoms with Crippen molar-refractivity contribution >= 4 is 34.9 Å². The smallest absolute Gasteiger partial charge is 0.231 e. The number of halogens is 2. The Morgan fingerprint density at radius 1 is 1.27 bits per heavy atom. The molecule has 0 bridgehead atoms. The molecule has 0 saturated carbocycles. The largest absolute Gasteiger partial charge is 0.402 e. The van der Waals surface area contributed by atoms with E-state index in [0.717, 1.165) is 35.5 Å². The summed E-state index contributed by atoms with van der Waals surface area (Å²) in [5.41, 5.74) is 15.0. The summed E-state index contributed by atoms with van der Waals surface area (Å²) >= 11 is 12.1. The summed E-state index contributed by atoms with van der Waals surface area (Å²) in [7, 11) is 0. The number of rotatable bonds is 5. The van der Waals surface area contributed by atoms with E-state index in [1.807, 2.05) is 11.0 Å². The van der Waals surface area contributed by atoms with Crippen molar-refractivity contribution in [3.05, 3.63) is 57.9 Å². The highest BCUT2D eigenvalue weighted by Gasteiger charge is 2.32. The fourth-order valence-corrected chi connectivity index (χ4v) is 4.51. The number of allylic oxidation sites excluding steroid dienone is 1. The van der Waals surface area contributed by atoms with Crippen LogP contribution in [0.4, 0.5) is 0 Å². The molecule has 8 heteroatoms. The van der Waals surface area contributed by atoms with E-state index in [1.165, 1.54) is 0 Å². The van der Waals surface area contributed by atoms with E-state index in [4.69, 9.17) is 34.7 Å². The lowest BCUT2D eigenvalue weighted by Gasteiger charge is -2.38. The van der Waals surface area contributed by atoms with Crippen LogP contribution in [0.25, 0.3) is 0 Å². The van der Waals surface area contributed by atoms with Crippen molar-refractivity contribution in [2.45, 2.75) is 25.7 Å². The maximum Gasteiger partial charge on any atom is 0.231 e. The van der Waals surface area contributed by atoms with Crippen LogP contribution in [-0.2, 0) is 4.79 Å². The molecule has 1 aromatic rings. The lowest BCUT2D eigenvalue weighted by molar-refractivity contribution is -0.133. The fourth-order valence-electron chi connectivity index (χ4n) is 4.21. The molecule has 1 amide bonds. The zero-order valence-corrected chi connectivity index (χ0v) is 18.8. The Morgan fingerprint density at radius 2 is 1.93 bits per heavy atom. The molecule has 0 aromatic heterocycles. The van der Waals surface area contributed by atoms with Crippen LogP contribution < -0.4 is 11.5 Å². The van der Waals surface area contributed by atoms with Crippen molar-refractivity contribution in [3.8, 4) is 0 Å². The molecule has 1 aliphatic carbocycles. The molecule has 2 atom stereocenters. The molecular weight excluding hydrogens is 421 g/mol. The van der Waals surface area contributed by atoms with Gasteiger partial charge in [0.1, 0.15) is 5.84 Å². The number of nitrogens with two attached hydrogens (primary N) is 2. The number of amidine groups is 1. The summed E-state index contributed by atoms with van der Waals surface area (Å²) in [5, 5.41) is 0.882. The number of nitrogens with zero attached hydrogens (tertiary/aromatic N) is 3. The quantitative estimate of drug-likeness (QED) is 0.532. The third-order valence-corrected chi connectivity index (χ3v) is 6.65. The first kappa shape index (κ1) is 22.7. The van der Waals surface area contributed by atoms with Crippen molar-refractivity contribution in [3.63, 3.8) is 0 Å². The molecule has 0 spiro atoms. The zero-order chi connectivity index (χ0) is 21.8. The first-order chi connectivity index (χ1) is 14.4. The van der Waals surface area contributed by atoms with Gasteiger partial charge in [-0.1, -0.05) is 42.8 Å². The van der Waals surface area contributed by atoms with Crippen LogP contribution in [0, 0.1) is 5.92 Å². The van der Waals surface area contributed by atoms with Crippen molar-refractivity contribution in [1.82, 2.24) is 9.80 Å². The molecule has 1 heterocycles. The third-order valence-electron chi connectivity index (χ3n) is 5.91. The van der Waals surface area contributed by atoms with Gasteiger partial charge < -0.3 is 21.3 Å². The molecule has 1 fully saturated rings. The molecule has 4 N–H and O–H groups in total. The van der Waals surface area contributed by atoms with Gasteiger partial charge in [0.05, 0.1) is 16.0 Å². The number of carbonyl (C=O) groups excluding carboxylic acids is 1. The highest BCUT2D eigenvalue weighted by molar-refractivity contribution is 6.42. The van der Waals surface area contributed by atoms with E-state index in [0.29, 0.717) is 42.1 Å². The summed E-state index contributed by atoms with van der Waals surface area (Å²) in [6.45, 7) is 8.70. The van der Waals surface area contributed by atoms with E-state index >= 15 is 0 Å². The average molecular weight is 450 g/mol. The van der Waals surface area contributed by atoms with Crippen LogP contribution >= 0.6 is 23.2 Å². The van der Waals surface area contributed by atoms with E-state index in [2.05, 4.69) is 23.4 Å². The van der Waals surface area contributed by atoms with Crippen LogP contribution in [0.15, 0.2) is 47.2 Å². The van der Waals surface area contributed by atoms with Crippen molar-refractivity contribution < 1.29 is 4.79 Å². The van der Waals surface area contributed by atoms with Crippen molar-refractivity contribution in [1.29, 1.82) is 0 Å². The maximum atomic E-state index is 13.2. The molecule has 2 aliphatic rings. The zero-order valence-electron chi connectivity index (χ0n) is 17.3. The van der Waals surface area contributed by atoms with Crippen molar-refractivity contribution in [2.75, 3.05) is 32.7 Å². The number of amides is 1. The molecule has 30 heavy (non-hydrogen) atoms. The Balaban J connectivity index is 1.71. The van der Waals surface area contributed by atoms with Gasteiger partial charge in [-0.15, -0.1) is 0 Å². The van der Waals surface area contributed by atoms with Crippen LogP contribution in [0.3, 0.4) is 0 Å². The maximum absolute atomic E-state index is 13.2. The Kier molecular flexibility index (Phi) is 7.45. The lowest BCUT2D eigenvalue weighted by Crippen LogP contribution is -2.52. The standard InChI is InChI=1S/C22H29Cl2N5O/c1-3-27-21(20-14(2)4-7-19(20)26)28-8-10-29(11-9-28)22(30)16(13-25)15-5-6-17(23)18(24)12-15/h3,5-6,12,14,16H,1,4,7-11,13,25-26H2,2H3/b27-21+/t14-,16-/m1/s1. The summed E-state index contributed by atoms with van der Waals surface area (Å²) in [5.74, 6) is 0.825. The van der Waals surface area contributed by atoms with Gasteiger partial charge in [0.2, 0.25) is 5.91 Å². The average Bonchev–Trinajstić information content (AvgIpc) is 3.07. The van der Waals surface area contributed by atoms with E-state index in [9.17, 15) is 4.79 Å². The van der Waals surface area contributed by atoms with Crippen molar-refractivity contribution in [2.24, 2.45) is 22.4 Å². The minimum Gasteiger partial charge on any atom is -0.402 e. The Labute approximate surface area is 188 Å². The van der Waals surface area contributed by atoms with Gasteiger partial charge in [-0.3, -0.25) is 4.79 Å². The van der Waals surface area contributed by atoms with Crippen LogP contribution in [-0.4, -0.2) is 54.3 Å². The Hall–Kier alpha value is -2.02. The highest BCUT2D eigenvalue weighted by atomic mass is 35.5. The molecule has 1 aliphatic heterocycles. The molecule has 1 aromatic carbocycles. The molecule has 6 nitrogen and oxygen atoms in total.